The molecule has 0 aliphatic carbocycles. The minimum Gasteiger partial charge on any atom is -0.301 e. The highest BCUT2D eigenvalue weighted by atomic mass is 35.5. The molecule has 7 nitrogen and oxygen atoms in total. The van der Waals surface area contributed by atoms with Gasteiger partial charge in [0.25, 0.3) is 5.92 Å². The Kier molecular flexibility index (Phi) is 6.40. The Morgan fingerprint density at radius 1 is 0.921 bits per heavy atom. The van der Waals surface area contributed by atoms with Crippen LogP contribution in [0.4, 0.5) is 8.78 Å². The molecule has 0 N–H and O–H groups in total. The van der Waals surface area contributed by atoms with Gasteiger partial charge in [-0.2, -0.15) is 8.78 Å². The van der Waals surface area contributed by atoms with Crippen LogP contribution >= 0.6 is 11.6 Å². The fraction of sp³-hybridized carbons (Fsp3) is 0.148. The summed E-state index contributed by atoms with van der Waals surface area (Å²) in [7, 11) is -3.42. The zero-order valence-electron chi connectivity index (χ0n) is 20.6. The quantitative estimate of drug-likeness (QED) is 0.248. The van der Waals surface area contributed by atoms with Gasteiger partial charge in [0, 0.05) is 30.0 Å². The molecule has 38 heavy (non-hydrogen) atoms. The smallest absolute Gasteiger partial charge is 0.288 e. The lowest BCUT2D eigenvalue weighted by atomic mass is 10.0. The van der Waals surface area contributed by atoms with Crippen LogP contribution in [-0.4, -0.2) is 39.2 Å². The topological polar surface area (TPSA) is 82.7 Å². The molecule has 2 aromatic heterocycles. The van der Waals surface area contributed by atoms with Crippen LogP contribution in [0.25, 0.3) is 33.8 Å². The molecule has 5 rings (SSSR count). The van der Waals surface area contributed by atoms with Crippen LogP contribution in [0.5, 0.6) is 0 Å². The number of halogens is 3. The average Bonchev–Trinajstić information content (AvgIpc) is 3.51. The maximum absolute atomic E-state index is 14.1. The number of nitrogens with zero attached hydrogens (tertiary/aromatic N) is 5. The Hall–Kier alpha value is -3.89. The monoisotopic (exact) mass is 553 g/mol. The minimum absolute atomic E-state index is 0.184. The van der Waals surface area contributed by atoms with E-state index in [1.165, 1.54) is 12.3 Å². The van der Waals surface area contributed by atoms with Gasteiger partial charge in [-0.05, 0) is 54.4 Å². The fourth-order valence-corrected chi connectivity index (χ4v) is 4.93. The van der Waals surface area contributed by atoms with Crippen molar-refractivity contribution in [2.75, 3.05) is 6.26 Å². The molecule has 0 amide bonds. The third-order valence-electron chi connectivity index (χ3n) is 6.08. The summed E-state index contributed by atoms with van der Waals surface area (Å²) < 4.78 is 55.7. The highest BCUT2D eigenvalue weighted by Gasteiger charge is 2.29. The van der Waals surface area contributed by atoms with Crippen molar-refractivity contribution in [1.82, 2.24) is 24.5 Å². The maximum Gasteiger partial charge on any atom is 0.288 e. The van der Waals surface area contributed by atoms with Crippen molar-refractivity contribution < 1.29 is 17.2 Å². The molecule has 0 fully saturated rings. The van der Waals surface area contributed by atoms with Gasteiger partial charge in [-0.3, -0.25) is 0 Å². The van der Waals surface area contributed by atoms with Gasteiger partial charge in [-0.15, -0.1) is 5.10 Å². The van der Waals surface area contributed by atoms with E-state index in [1.807, 2.05) is 18.2 Å². The van der Waals surface area contributed by atoms with Gasteiger partial charge in [-0.1, -0.05) is 47.1 Å². The molecule has 0 atom stereocenters. The van der Waals surface area contributed by atoms with Gasteiger partial charge in [0.15, 0.2) is 9.84 Å². The maximum atomic E-state index is 14.1. The summed E-state index contributed by atoms with van der Waals surface area (Å²) in [6.07, 6.45) is 4.05. The molecule has 0 bridgehead atoms. The molecule has 0 saturated carbocycles. The summed E-state index contributed by atoms with van der Waals surface area (Å²) >= 11 is 6.07. The number of hydrogen-bond acceptors (Lipinski definition) is 5. The van der Waals surface area contributed by atoms with E-state index in [9.17, 15) is 17.2 Å². The van der Waals surface area contributed by atoms with Crippen LogP contribution in [0.15, 0.2) is 84.0 Å². The van der Waals surface area contributed by atoms with Crippen molar-refractivity contribution in [2.45, 2.75) is 24.7 Å². The zero-order chi connectivity index (χ0) is 27.2. The fourth-order valence-electron chi connectivity index (χ4n) is 4.14. The normalized spacial score (nSPS) is 12.2. The number of rotatable bonds is 6. The van der Waals surface area contributed by atoms with Gasteiger partial charge in [-0.25, -0.2) is 18.1 Å². The van der Waals surface area contributed by atoms with E-state index in [2.05, 4.69) is 15.3 Å². The predicted molar refractivity (Wildman–Crippen MR) is 142 cm³/mol. The first-order valence-electron chi connectivity index (χ1n) is 11.5. The first kappa shape index (κ1) is 25.7. The van der Waals surface area contributed by atoms with Crippen LogP contribution < -0.4 is 0 Å². The van der Waals surface area contributed by atoms with Crippen molar-refractivity contribution in [3.8, 4) is 33.8 Å². The Bertz CT molecular complexity index is 1760. The van der Waals surface area contributed by atoms with Gasteiger partial charge in [0.2, 0.25) is 0 Å². The van der Waals surface area contributed by atoms with E-state index in [1.54, 1.807) is 64.8 Å². The molecule has 0 unspecified atom stereocenters. The molecule has 5 aromatic rings. The van der Waals surface area contributed by atoms with E-state index >= 15 is 0 Å². The molecular formula is C27H22ClF2N5O2S. The van der Waals surface area contributed by atoms with Crippen LogP contribution in [0.3, 0.4) is 0 Å². The van der Waals surface area contributed by atoms with Gasteiger partial charge in [0.05, 0.1) is 28.2 Å². The largest absolute Gasteiger partial charge is 0.301 e. The van der Waals surface area contributed by atoms with E-state index in [4.69, 9.17) is 11.6 Å². The van der Waals surface area contributed by atoms with E-state index < -0.39 is 15.8 Å². The van der Waals surface area contributed by atoms with Crippen molar-refractivity contribution in [3.63, 3.8) is 0 Å². The van der Waals surface area contributed by atoms with Gasteiger partial charge in [0.1, 0.15) is 11.5 Å². The lowest BCUT2D eigenvalue weighted by molar-refractivity contribution is 0.0130. The van der Waals surface area contributed by atoms with E-state index in [0.29, 0.717) is 39.0 Å². The van der Waals surface area contributed by atoms with Crippen molar-refractivity contribution in [3.05, 3.63) is 95.7 Å². The summed E-state index contributed by atoms with van der Waals surface area (Å²) in [5.74, 6) is -2.76. The second-order valence-corrected chi connectivity index (χ2v) is 11.4. The van der Waals surface area contributed by atoms with Crippen molar-refractivity contribution in [1.29, 1.82) is 0 Å². The molecule has 194 valence electrons. The summed E-state index contributed by atoms with van der Waals surface area (Å²) in [4.78, 5) is 4.26. The Morgan fingerprint density at radius 3 is 2.26 bits per heavy atom. The zero-order valence-corrected chi connectivity index (χ0v) is 22.2. The average molecular weight is 554 g/mol. The minimum atomic E-state index is -3.42. The summed E-state index contributed by atoms with van der Waals surface area (Å²) in [6, 6.07) is 19.1. The first-order valence-corrected chi connectivity index (χ1v) is 13.7. The Balaban J connectivity index is 1.75. The number of sulfone groups is 1. The van der Waals surface area contributed by atoms with Crippen LogP contribution in [-0.2, 0) is 15.8 Å². The molecule has 11 heteroatoms. The highest BCUT2D eigenvalue weighted by molar-refractivity contribution is 7.90. The van der Waals surface area contributed by atoms with Gasteiger partial charge >= 0.3 is 0 Å². The molecule has 0 aliphatic rings. The third kappa shape index (κ3) is 4.97. The third-order valence-corrected chi connectivity index (χ3v) is 7.44. The number of alkyl halides is 2. The lowest BCUT2D eigenvalue weighted by Crippen LogP contribution is -2.08. The number of aromatic nitrogens is 5. The van der Waals surface area contributed by atoms with E-state index in [-0.39, 0.29) is 10.6 Å². The molecule has 2 heterocycles. The number of benzene rings is 3. The molecule has 3 aromatic carbocycles. The van der Waals surface area contributed by atoms with Crippen LogP contribution in [0, 0.1) is 6.92 Å². The summed E-state index contributed by atoms with van der Waals surface area (Å²) in [5.41, 5.74) is 3.50. The second kappa shape index (κ2) is 9.45. The Morgan fingerprint density at radius 2 is 1.61 bits per heavy atom. The molecule has 0 radical (unpaired) electrons. The second-order valence-electron chi connectivity index (χ2n) is 8.97. The Labute approximate surface area is 223 Å². The lowest BCUT2D eigenvalue weighted by Gasteiger charge is -2.16. The van der Waals surface area contributed by atoms with Crippen molar-refractivity contribution in [2.24, 2.45) is 0 Å². The SMILES string of the molecule is Cc1nc(C(C)(F)F)cn1-c1ccc(-c2cccc(S(C)(=O)=O)c2)cc1-n1nncc1-c1ccc(Cl)cc1. The number of imidazole rings is 1. The van der Waals surface area contributed by atoms with Crippen LogP contribution in [0.2, 0.25) is 5.02 Å². The summed E-state index contributed by atoms with van der Waals surface area (Å²) in [6.45, 7) is 2.44. The highest BCUT2D eigenvalue weighted by Crippen LogP contribution is 2.33. The summed E-state index contributed by atoms with van der Waals surface area (Å²) in [5, 5.41) is 8.98. The predicted octanol–water partition coefficient (Wildman–Crippen LogP) is 6.26. The first-order chi connectivity index (χ1) is 17.9. The van der Waals surface area contributed by atoms with Crippen molar-refractivity contribution >= 4 is 21.4 Å². The molecular weight excluding hydrogens is 532 g/mol. The number of aryl methyl sites for hydroxylation is 1. The van der Waals surface area contributed by atoms with Gasteiger partial charge < -0.3 is 4.57 Å². The molecule has 0 aliphatic heterocycles. The molecule has 0 spiro atoms. The number of hydrogen-bond donors (Lipinski definition) is 0. The van der Waals surface area contributed by atoms with E-state index in [0.717, 1.165) is 18.7 Å². The molecule has 0 saturated heterocycles. The van der Waals surface area contributed by atoms with Crippen LogP contribution in [0.1, 0.15) is 18.4 Å². The standard InChI is InChI=1S/C27H22ClF2N5O2S/c1-17-32-26(27(2,29)30)16-34(17)23-12-9-20(19-5-4-6-22(13-19)38(3,36)37)14-24(23)35-25(15-31-33-35)18-7-10-21(28)11-8-18/h4-16H,1-3H3.